The van der Waals surface area contributed by atoms with Crippen molar-refractivity contribution in [2.45, 2.75) is 77.0 Å². The molecule has 3 aliphatic rings. The first kappa shape index (κ1) is 19.5. The lowest BCUT2D eigenvalue weighted by Gasteiger charge is -2.25. The fourth-order valence-electron chi connectivity index (χ4n) is 4.89. The first-order chi connectivity index (χ1) is 12.7. The van der Waals surface area contributed by atoms with E-state index in [2.05, 4.69) is 5.32 Å². The van der Waals surface area contributed by atoms with Crippen molar-refractivity contribution in [3.05, 3.63) is 0 Å². The summed E-state index contributed by atoms with van der Waals surface area (Å²) in [6, 6.07) is 0.0656. The van der Waals surface area contributed by atoms with Gasteiger partial charge in [-0.3, -0.25) is 4.79 Å². The van der Waals surface area contributed by atoms with E-state index < -0.39 is 0 Å². The van der Waals surface area contributed by atoms with Crippen LogP contribution in [0.1, 0.15) is 77.0 Å². The van der Waals surface area contributed by atoms with E-state index in [-0.39, 0.29) is 6.03 Å². The Kier molecular flexibility index (Phi) is 7.63. The lowest BCUT2D eigenvalue weighted by atomic mass is 9.89. The molecule has 0 aromatic rings. The molecular weight excluding hydrogens is 326 g/mol. The number of carbonyl (C=O) groups is 2. The Labute approximate surface area is 158 Å². The number of nitrogens with one attached hydrogen (secondary N) is 1. The zero-order valence-electron chi connectivity index (χ0n) is 16.4. The summed E-state index contributed by atoms with van der Waals surface area (Å²) in [6.45, 7) is 3.75. The molecule has 2 aliphatic carbocycles. The minimum atomic E-state index is 0.0656. The molecule has 148 valence electrons. The van der Waals surface area contributed by atoms with E-state index in [1.54, 1.807) is 0 Å². The van der Waals surface area contributed by atoms with Crippen molar-refractivity contribution in [1.29, 1.82) is 0 Å². The normalized spacial score (nSPS) is 23.1. The summed E-state index contributed by atoms with van der Waals surface area (Å²) >= 11 is 0. The SMILES string of the molecule is O=C(CCC1CCCC1)N1CCCN(C(=O)NCC2CCCCC2)CC1. The highest BCUT2D eigenvalue weighted by molar-refractivity contribution is 5.77. The van der Waals surface area contributed by atoms with Gasteiger partial charge in [-0.1, -0.05) is 44.9 Å². The van der Waals surface area contributed by atoms with Gasteiger partial charge in [-0.2, -0.15) is 0 Å². The molecule has 2 saturated carbocycles. The van der Waals surface area contributed by atoms with Crippen LogP contribution in [0.3, 0.4) is 0 Å². The van der Waals surface area contributed by atoms with Crippen molar-refractivity contribution in [2.75, 3.05) is 32.7 Å². The number of hydrogen-bond acceptors (Lipinski definition) is 2. The Hall–Kier alpha value is -1.26. The minimum Gasteiger partial charge on any atom is -0.341 e. The second-order valence-corrected chi connectivity index (χ2v) is 8.60. The summed E-state index contributed by atoms with van der Waals surface area (Å²) in [6.07, 6.45) is 14.4. The van der Waals surface area contributed by atoms with Crippen LogP contribution < -0.4 is 5.32 Å². The third kappa shape index (κ3) is 5.88. The predicted octanol–water partition coefficient (Wildman–Crippen LogP) is 3.78. The van der Waals surface area contributed by atoms with Crippen molar-refractivity contribution < 1.29 is 9.59 Å². The Balaban J connectivity index is 1.36. The Morgan fingerprint density at radius 1 is 0.731 bits per heavy atom. The minimum absolute atomic E-state index is 0.0656. The molecule has 3 rings (SSSR count). The average molecular weight is 364 g/mol. The molecule has 3 amide bonds. The van der Waals surface area contributed by atoms with Gasteiger partial charge in [0.05, 0.1) is 0 Å². The third-order valence-electron chi connectivity index (χ3n) is 6.64. The third-order valence-corrected chi connectivity index (χ3v) is 6.64. The first-order valence-corrected chi connectivity index (χ1v) is 11.0. The first-order valence-electron chi connectivity index (χ1n) is 11.0. The molecule has 5 heteroatoms. The number of hydrogen-bond donors (Lipinski definition) is 1. The molecule has 0 aromatic heterocycles. The molecule has 1 aliphatic heterocycles. The van der Waals surface area contributed by atoms with Crippen molar-refractivity contribution in [3.63, 3.8) is 0 Å². The van der Waals surface area contributed by atoms with Crippen LogP contribution >= 0.6 is 0 Å². The van der Waals surface area contributed by atoms with E-state index in [0.717, 1.165) is 38.4 Å². The molecule has 1 heterocycles. The van der Waals surface area contributed by atoms with Crippen LogP contribution in [-0.2, 0) is 4.79 Å². The van der Waals surface area contributed by atoms with Gasteiger partial charge < -0.3 is 15.1 Å². The smallest absolute Gasteiger partial charge is 0.317 e. The molecule has 0 spiro atoms. The highest BCUT2D eigenvalue weighted by Gasteiger charge is 2.24. The average Bonchev–Trinajstić information content (AvgIpc) is 3.07. The maximum Gasteiger partial charge on any atom is 0.317 e. The van der Waals surface area contributed by atoms with Crippen LogP contribution in [0.2, 0.25) is 0 Å². The van der Waals surface area contributed by atoms with Gasteiger partial charge in [-0.15, -0.1) is 0 Å². The molecule has 0 atom stereocenters. The molecule has 3 fully saturated rings. The molecular formula is C21H37N3O2. The van der Waals surface area contributed by atoms with Gasteiger partial charge in [0, 0.05) is 39.1 Å². The highest BCUT2D eigenvalue weighted by atomic mass is 16.2. The second-order valence-electron chi connectivity index (χ2n) is 8.60. The summed E-state index contributed by atoms with van der Waals surface area (Å²) in [7, 11) is 0. The fraction of sp³-hybridized carbons (Fsp3) is 0.905. The molecule has 0 radical (unpaired) electrons. The quantitative estimate of drug-likeness (QED) is 0.808. The van der Waals surface area contributed by atoms with Gasteiger partial charge in [0.2, 0.25) is 5.91 Å². The Morgan fingerprint density at radius 3 is 2.12 bits per heavy atom. The van der Waals surface area contributed by atoms with Crippen LogP contribution in [0, 0.1) is 11.8 Å². The topological polar surface area (TPSA) is 52.7 Å². The predicted molar refractivity (Wildman–Crippen MR) is 104 cm³/mol. The summed E-state index contributed by atoms with van der Waals surface area (Å²) in [5.41, 5.74) is 0. The van der Waals surface area contributed by atoms with Gasteiger partial charge in [-0.25, -0.2) is 4.79 Å². The van der Waals surface area contributed by atoms with E-state index >= 15 is 0 Å². The number of carbonyl (C=O) groups excluding carboxylic acids is 2. The van der Waals surface area contributed by atoms with E-state index in [1.165, 1.54) is 57.8 Å². The van der Waals surface area contributed by atoms with E-state index in [9.17, 15) is 9.59 Å². The standard InChI is InChI=1S/C21H37N3O2/c25-20(12-11-18-7-4-5-8-18)23-13-6-14-24(16-15-23)21(26)22-17-19-9-2-1-3-10-19/h18-19H,1-17H2,(H,22,26). The molecule has 26 heavy (non-hydrogen) atoms. The van der Waals surface area contributed by atoms with Crippen molar-refractivity contribution in [1.82, 2.24) is 15.1 Å². The number of nitrogens with zero attached hydrogens (tertiary/aromatic N) is 2. The zero-order valence-corrected chi connectivity index (χ0v) is 16.4. The van der Waals surface area contributed by atoms with Crippen molar-refractivity contribution >= 4 is 11.9 Å². The van der Waals surface area contributed by atoms with Crippen molar-refractivity contribution in [3.8, 4) is 0 Å². The molecule has 0 aromatic carbocycles. The summed E-state index contributed by atoms with van der Waals surface area (Å²) in [4.78, 5) is 28.9. The van der Waals surface area contributed by atoms with E-state index in [4.69, 9.17) is 0 Å². The van der Waals surface area contributed by atoms with Gasteiger partial charge in [-0.05, 0) is 37.5 Å². The monoisotopic (exact) mass is 363 g/mol. The van der Waals surface area contributed by atoms with Crippen molar-refractivity contribution in [2.24, 2.45) is 11.8 Å². The zero-order chi connectivity index (χ0) is 18.2. The highest BCUT2D eigenvalue weighted by Crippen LogP contribution is 2.28. The van der Waals surface area contributed by atoms with E-state index in [0.29, 0.717) is 31.3 Å². The second kappa shape index (κ2) is 10.2. The van der Waals surface area contributed by atoms with Crippen LogP contribution in [0.15, 0.2) is 0 Å². The fourth-order valence-corrected chi connectivity index (χ4v) is 4.89. The Morgan fingerprint density at radius 2 is 1.35 bits per heavy atom. The molecule has 1 N–H and O–H groups in total. The van der Waals surface area contributed by atoms with E-state index in [1.807, 2.05) is 9.80 Å². The lowest BCUT2D eigenvalue weighted by Crippen LogP contribution is -2.44. The summed E-state index contributed by atoms with van der Waals surface area (Å²) in [5.74, 6) is 1.72. The summed E-state index contributed by atoms with van der Waals surface area (Å²) in [5, 5.41) is 3.14. The number of amides is 3. The number of rotatable bonds is 5. The lowest BCUT2D eigenvalue weighted by molar-refractivity contribution is -0.131. The van der Waals surface area contributed by atoms with Gasteiger partial charge in [0.25, 0.3) is 0 Å². The number of urea groups is 1. The van der Waals surface area contributed by atoms with Crippen LogP contribution in [0.5, 0.6) is 0 Å². The maximum absolute atomic E-state index is 12.5. The molecule has 0 unspecified atom stereocenters. The van der Waals surface area contributed by atoms with Crippen LogP contribution in [0.25, 0.3) is 0 Å². The molecule has 5 nitrogen and oxygen atoms in total. The van der Waals surface area contributed by atoms with Crippen LogP contribution in [0.4, 0.5) is 4.79 Å². The van der Waals surface area contributed by atoms with Crippen LogP contribution in [-0.4, -0.2) is 54.5 Å². The largest absolute Gasteiger partial charge is 0.341 e. The Bertz CT molecular complexity index is 456. The van der Waals surface area contributed by atoms with Gasteiger partial charge in [0.1, 0.15) is 0 Å². The van der Waals surface area contributed by atoms with Gasteiger partial charge >= 0.3 is 6.03 Å². The van der Waals surface area contributed by atoms with Gasteiger partial charge in [0.15, 0.2) is 0 Å². The molecule has 1 saturated heterocycles. The summed E-state index contributed by atoms with van der Waals surface area (Å²) < 4.78 is 0. The maximum atomic E-state index is 12.5. The molecule has 0 bridgehead atoms.